The molecule has 0 atom stereocenters. The Kier molecular flexibility index (Phi) is 6.59. The van der Waals surface area contributed by atoms with Crippen molar-refractivity contribution >= 4 is 17.7 Å². The number of amides is 3. The topological polar surface area (TPSA) is 70.2 Å². The average molecular weight is 470 g/mol. The highest BCUT2D eigenvalue weighted by atomic mass is 16.5. The van der Waals surface area contributed by atoms with E-state index >= 15 is 0 Å². The zero-order valence-electron chi connectivity index (χ0n) is 19.4. The minimum atomic E-state index is -0.355. The van der Waals surface area contributed by atoms with Crippen molar-refractivity contribution in [1.29, 1.82) is 0 Å². The number of piperazine rings is 1. The van der Waals surface area contributed by atoms with Crippen LogP contribution >= 0.6 is 0 Å². The zero-order valence-corrected chi connectivity index (χ0v) is 19.4. The number of hydrogen-bond donors (Lipinski definition) is 0. The highest BCUT2D eigenvalue weighted by Crippen LogP contribution is 2.26. The Bertz CT molecular complexity index is 1220. The van der Waals surface area contributed by atoms with Gasteiger partial charge in [0.05, 0.1) is 17.7 Å². The summed E-state index contributed by atoms with van der Waals surface area (Å²) in [5.41, 5.74) is 1.97. The molecule has 178 valence electrons. The Balaban J connectivity index is 1.17. The number of imide groups is 1. The summed E-state index contributed by atoms with van der Waals surface area (Å²) in [5.74, 6) is 0.0638. The lowest BCUT2D eigenvalue weighted by Crippen LogP contribution is -2.49. The third kappa shape index (κ3) is 4.95. The quantitative estimate of drug-likeness (QED) is 0.497. The van der Waals surface area contributed by atoms with E-state index in [2.05, 4.69) is 4.90 Å². The molecule has 0 unspecified atom stereocenters. The van der Waals surface area contributed by atoms with Crippen LogP contribution in [0, 0.1) is 0 Å². The van der Waals surface area contributed by atoms with Crippen molar-refractivity contribution in [2.75, 3.05) is 39.3 Å². The van der Waals surface area contributed by atoms with E-state index in [1.807, 2.05) is 60.7 Å². The van der Waals surface area contributed by atoms with E-state index in [1.54, 1.807) is 23.1 Å². The van der Waals surface area contributed by atoms with E-state index in [1.165, 1.54) is 4.90 Å². The van der Waals surface area contributed by atoms with E-state index in [0.29, 0.717) is 36.4 Å². The van der Waals surface area contributed by atoms with Crippen LogP contribution in [0.15, 0.2) is 78.9 Å². The van der Waals surface area contributed by atoms with Crippen molar-refractivity contribution in [1.82, 2.24) is 14.7 Å². The lowest BCUT2D eigenvalue weighted by molar-refractivity contribution is 0.0618. The third-order valence-electron chi connectivity index (χ3n) is 6.48. The predicted molar refractivity (Wildman–Crippen MR) is 131 cm³/mol. The lowest BCUT2D eigenvalue weighted by Gasteiger charge is -2.34. The molecule has 2 aliphatic rings. The number of nitrogens with zero attached hydrogens (tertiary/aromatic N) is 3. The monoisotopic (exact) mass is 469 g/mol. The van der Waals surface area contributed by atoms with E-state index in [9.17, 15) is 14.4 Å². The van der Waals surface area contributed by atoms with Gasteiger partial charge in [-0.05, 0) is 35.9 Å². The molecule has 0 aliphatic carbocycles. The van der Waals surface area contributed by atoms with Crippen molar-refractivity contribution in [3.8, 4) is 5.75 Å². The van der Waals surface area contributed by atoms with Gasteiger partial charge in [0, 0.05) is 38.3 Å². The lowest BCUT2D eigenvalue weighted by atomic mass is 10.0. The first-order valence-electron chi connectivity index (χ1n) is 11.8. The summed E-state index contributed by atoms with van der Waals surface area (Å²) < 4.78 is 5.77. The molecule has 2 aliphatic heterocycles. The summed E-state index contributed by atoms with van der Waals surface area (Å²) in [5, 5.41) is 0. The Hall–Kier alpha value is -3.97. The second kappa shape index (κ2) is 10.1. The van der Waals surface area contributed by atoms with Gasteiger partial charge in [-0.3, -0.25) is 24.2 Å². The van der Waals surface area contributed by atoms with Crippen LogP contribution in [0.5, 0.6) is 5.75 Å². The van der Waals surface area contributed by atoms with Crippen LogP contribution in [-0.2, 0) is 6.54 Å². The molecule has 0 bridgehead atoms. The van der Waals surface area contributed by atoms with Gasteiger partial charge < -0.3 is 9.64 Å². The van der Waals surface area contributed by atoms with Crippen LogP contribution in [0.25, 0.3) is 0 Å². The molecular weight excluding hydrogens is 442 g/mol. The maximum absolute atomic E-state index is 13.1. The molecule has 0 radical (unpaired) electrons. The first-order chi connectivity index (χ1) is 17.1. The highest BCUT2D eigenvalue weighted by Gasteiger charge is 2.36. The second-order valence-electron chi connectivity index (χ2n) is 8.74. The standard InChI is InChI=1S/C28H27N3O4/c32-26(30-15-13-29(14-16-30)17-18-35-23-9-5-2-6-10-23)22-11-12-24-25(19-22)28(34)31(27(24)33)20-21-7-3-1-4-8-21/h1-12,19H,13-18,20H2. The smallest absolute Gasteiger partial charge is 0.261 e. The third-order valence-corrected chi connectivity index (χ3v) is 6.48. The van der Waals surface area contributed by atoms with Gasteiger partial charge in [-0.1, -0.05) is 48.5 Å². The molecule has 7 nitrogen and oxygen atoms in total. The SMILES string of the molecule is O=C(c1ccc2c(c1)C(=O)N(Cc1ccccc1)C2=O)N1CCN(CCOc2ccccc2)CC1. The van der Waals surface area contributed by atoms with E-state index < -0.39 is 0 Å². The molecule has 0 spiro atoms. The molecular formula is C28H27N3O4. The van der Waals surface area contributed by atoms with Gasteiger partial charge >= 0.3 is 0 Å². The van der Waals surface area contributed by atoms with Crippen LogP contribution < -0.4 is 4.74 Å². The molecule has 2 heterocycles. The molecule has 3 amide bonds. The van der Waals surface area contributed by atoms with Crippen LogP contribution in [0.2, 0.25) is 0 Å². The summed E-state index contributed by atoms with van der Waals surface area (Å²) >= 11 is 0. The number of para-hydroxylation sites is 1. The normalized spacial score (nSPS) is 15.9. The van der Waals surface area contributed by atoms with Crippen LogP contribution in [-0.4, -0.2) is 71.8 Å². The minimum absolute atomic E-state index is 0.116. The summed E-state index contributed by atoms with van der Waals surface area (Å²) in [4.78, 5) is 44.2. The predicted octanol–water partition coefficient (Wildman–Crippen LogP) is 3.32. The van der Waals surface area contributed by atoms with E-state index in [-0.39, 0.29) is 24.3 Å². The molecule has 0 aromatic heterocycles. The fourth-order valence-electron chi connectivity index (χ4n) is 4.50. The van der Waals surface area contributed by atoms with Crippen molar-refractivity contribution in [2.24, 2.45) is 0 Å². The summed E-state index contributed by atoms with van der Waals surface area (Å²) in [6.45, 7) is 4.34. The van der Waals surface area contributed by atoms with Crippen LogP contribution in [0.4, 0.5) is 0 Å². The fraction of sp³-hybridized carbons (Fsp3) is 0.250. The van der Waals surface area contributed by atoms with Gasteiger partial charge in [-0.2, -0.15) is 0 Å². The first kappa shape index (κ1) is 22.8. The molecule has 7 heteroatoms. The largest absolute Gasteiger partial charge is 0.492 e. The number of benzene rings is 3. The van der Waals surface area contributed by atoms with Gasteiger partial charge in [-0.25, -0.2) is 0 Å². The number of carbonyl (C=O) groups is 3. The minimum Gasteiger partial charge on any atom is -0.492 e. The van der Waals surface area contributed by atoms with Crippen molar-refractivity contribution in [3.05, 3.63) is 101 Å². The van der Waals surface area contributed by atoms with Gasteiger partial charge in [0.1, 0.15) is 12.4 Å². The molecule has 1 saturated heterocycles. The van der Waals surface area contributed by atoms with Crippen LogP contribution in [0.3, 0.4) is 0 Å². The Morgan fingerprint density at radius 1 is 0.771 bits per heavy atom. The fourth-order valence-corrected chi connectivity index (χ4v) is 4.50. The van der Waals surface area contributed by atoms with E-state index in [4.69, 9.17) is 4.74 Å². The van der Waals surface area contributed by atoms with E-state index in [0.717, 1.165) is 30.9 Å². The molecule has 35 heavy (non-hydrogen) atoms. The highest BCUT2D eigenvalue weighted by molar-refractivity contribution is 6.22. The maximum Gasteiger partial charge on any atom is 0.261 e. The second-order valence-corrected chi connectivity index (χ2v) is 8.74. The number of ether oxygens (including phenoxy) is 1. The Morgan fingerprint density at radius 2 is 1.43 bits per heavy atom. The number of carbonyl (C=O) groups excluding carboxylic acids is 3. The molecule has 3 aromatic carbocycles. The molecule has 1 fully saturated rings. The average Bonchev–Trinajstić information content (AvgIpc) is 3.14. The molecule has 3 aromatic rings. The van der Waals surface area contributed by atoms with Gasteiger partial charge in [0.2, 0.25) is 0 Å². The Morgan fingerprint density at radius 3 is 2.14 bits per heavy atom. The zero-order chi connectivity index (χ0) is 24.2. The van der Waals surface area contributed by atoms with Crippen LogP contribution in [0.1, 0.15) is 36.6 Å². The Labute approximate surface area is 204 Å². The van der Waals surface area contributed by atoms with Gasteiger partial charge in [-0.15, -0.1) is 0 Å². The summed E-state index contributed by atoms with van der Waals surface area (Å²) in [6, 6.07) is 24.0. The number of fused-ring (bicyclic) bond motifs is 1. The summed E-state index contributed by atoms with van der Waals surface area (Å²) in [7, 11) is 0. The van der Waals surface area contributed by atoms with Gasteiger partial charge in [0.15, 0.2) is 0 Å². The molecule has 5 rings (SSSR count). The number of rotatable bonds is 7. The maximum atomic E-state index is 13.1. The molecule has 0 saturated carbocycles. The first-order valence-corrected chi connectivity index (χ1v) is 11.8. The number of hydrogen-bond acceptors (Lipinski definition) is 5. The molecule has 0 N–H and O–H groups in total. The van der Waals surface area contributed by atoms with Crippen molar-refractivity contribution < 1.29 is 19.1 Å². The summed E-state index contributed by atoms with van der Waals surface area (Å²) in [6.07, 6.45) is 0. The van der Waals surface area contributed by atoms with Crippen molar-refractivity contribution in [2.45, 2.75) is 6.54 Å². The van der Waals surface area contributed by atoms with Gasteiger partial charge in [0.25, 0.3) is 17.7 Å². The van der Waals surface area contributed by atoms with Crippen molar-refractivity contribution in [3.63, 3.8) is 0 Å².